The SMILES string of the molecule is Cc1ccc(C)c(OCC(=O)N2CCC(NC(=O)C(F)(F)F)CC2)c1C. The summed E-state index contributed by atoms with van der Waals surface area (Å²) < 4.78 is 42.5. The van der Waals surface area contributed by atoms with E-state index in [9.17, 15) is 22.8 Å². The number of halogens is 3. The maximum atomic E-state index is 12.3. The van der Waals surface area contributed by atoms with Crippen LogP contribution < -0.4 is 10.1 Å². The highest BCUT2D eigenvalue weighted by Gasteiger charge is 2.40. The molecule has 1 fully saturated rings. The number of nitrogens with zero attached hydrogens (tertiary/aromatic N) is 1. The zero-order valence-corrected chi connectivity index (χ0v) is 15.1. The lowest BCUT2D eigenvalue weighted by atomic mass is 10.0. The Morgan fingerprint density at radius 3 is 2.31 bits per heavy atom. The fourth-order valence-corrected chi connectivity index (χ4v) is 2.91. The normalized spacial score (nSPS) is 15.7. The number of amides is 2. The Kier molecular flexibility index (Phi) is 6.15. The largest absolute Gasteiger partial charge is 0.483 e. The molecular formula is C18H23F3N2O3. The number of likely N-dealkylation sites (tertiary alicyclic amines) is 1. The molecule has 8 heteroatoms. The van der Waals surface area contributed by atoms with E-state index in [-0.39, 0.29) is 38.4 Å². The van der Waals surface area contributed by atoms with E-state index < -0.39 is 18.1 Å². The molecule has 2 amide bonds. The van der Waals surface area contributed by atoms with Gasteiger partial charge in [0, 0.05) is 19.1 Å². The number of carbonyl (C=O) groups is 2. The summed E-state index contributed by atoms with van der Waals surface area (Å²) in [5.74, 6) is -1.47. The van der Waals surface area contributed by atoms with Crippen LogP contribution in [0.15, 0.2) is 12.1 Å². The molecule has 1 aromatic carbocycles. The average molecular weight is 372 g/mol. The molecule has 0 saturated carbocycles. The average Bonchev–Trinajstić information content (AvgIpc) is 2.58. The fraction of sp³-hybridized carbons (Fsp3) is 0.556. The highest BCUT2D eigenvalue weighted by atomic mass is 19.4. The lowest BCUT2D eigenvalue weighted by molar-refractivity contribution is -0.174. The summed E-state index contributed by atoms with van der Waals surface area (Å²) >= 11 is 0. The van der Waals surface area contributed by atoms with Crippen molar-refractivity contribution in [3.05, 3.63) is 28.8 Å². The van der Waals surface area contributed by atoms with E-state index in [1.165, 1.54) is 0 Å². The quantitative estimate of drug-likeness (QED) is 0.884. The molecule has 1 aromatic rings. The number of piperidine rings is 1. The Hall–Kier alpha value is -2.25. The number of benzene rings is 1. The van der Waals surface area contributed by atoms with Crippen LogP contribution in [0.1, 0.15) is 29.5 Å². The zero-order valence-electron chi connectivity index (χ0n) is 15.1. The second kappa shape index (κ2) is 7.97. The molecule has 0 atom stereocenters. The Balaban J connectivity index is 1.84. The Morgan fingerprint density at radius 2 is 1.73 bits per heavy atom. The predicted octanol–water partition coefficient (Wildman–Crippen LogP) is 2.66. The molecule has 0 aliphatic carbocycles. The molecule has 0 spiro atoms. The highest BCUT2D eigenvalue weighted by Crippen LogP contribution is 2.26. The molecule has 1 saturated heterocycles. The van der Waals surface area contributed by atoms with Crippen molar-refractivity contribution in [3.8, 4) is 5.75 Å². The molecule has 5 nitrogen and oxygen atoms in total. The smallest absolute Gasteiger partial charge is 0.471 e. The minimum absolute atomic E-state index is 0.120. The van der Waals surface area contributed by atoms with Crippen LogP contribution in [0.25, 0.3) is 0 Å². The van der Waals surface area contributed by atoms with Crippen molar-refractivity contribution in [1.29, 1.82) is 0 Å². The second-order valence-corrected chi connectivity index (χ2v) is 6.57. The van der Waals surface area contributed by atoms with Gasteiger partial charge in [0.05, 0.1) is 0 Å². The second-order valence-electron chi connectivity index (χ2n) is 6.57. The molecule has 0 aromatic heterocycles. The third kappa shape index (κ3) is 4.89. The number of hydrogen-bond donors (Lipinski definition) is 1. The zero-order chi connectivity index (χ0) is 19.5. The number of carbonyl (C=O) groups excluding carboxylic acids is 2. The number of alkyl halides is 3. The van der Waals surface area contributed by atoms with E-state index in [0.717, 1.165) is 16.7 Å². The summed E-state index contributed by atoms with van der Waals surface area (Å²) in [4.78, 5) is 24.8. The van der Waals surface area contributed by atoms with E-state index in [1.54, 1.807) is 4.90 Å². The van der Waals surface area contributed by atoms with Gasteiger partial charge in [-0.3, -0.25) is 9.59 Å². The van der Waals surface area contributed by atoms with Crippen LogP contribution in [0, 0.1) is 20.8 Å². The first kappa shape index (κ1) is 20.1. The van der Waals surface area contributed by atoms with Gasteiger partial charge in [0.1, 0.15) is 5.75 Å². The third-order valence-electron chi connectivity index (χ3n) is 4.65. The minimum atomic E-state index is -4.88. The third-order valence-corrected chi connectivity index (χ3v) is 4.65. The summed E-state index contributed by atoms with van der Waals surface area (Å²) in [7, 11) is 0. The topological polar surface area (TPSA) is 58.6 Å². The van der Waals surface area contributed by atoms with Gasteiger partial charge in [-0.05, 0) is 50.3 Å². The summed E-state index contributed by atoms with van der Waals surface area (Å²) in [5, 5.41) is 1.96. The maximum Gasteiger partial charge on any atom is 0.471 e. The van der Waals surface area contributed by atoms with Crippen LogP contribution in [-0.4, -0.2) is 48.6 Å². The predicted molar refractivity (Wildman–Crippen MR) is 89.9 cm³/mol. The van der Waals surface area contributed by atoms with Gasteiger partial charge < -0.3 is 15.0 Å². The molecule has 1 aliphatic heterocycles. The molecular weight excluding hydrogens is 349 g/mol. The van der Waals surface area contributed by atoms with Crippen LogP contribution in [0.5, 0.6) is 5.75 Å². The summed E-state index contributed by atoms with van der Waals surface area (Å²) in [6.07, 6.45) is -4.31. The van der Waals surface area contributed by atoms with E-state index in [1.807, 2.05) is 38.2 Å². The number of aryl methyl sites for hydroxylation is 2. The lowest BCUT2D eigenvalue weighted by Crippen LogP contribution is -2.50. The molecule has 2 rings (SSSR count). The van der Waals surface area contributed by atoms with Gasteiger partial charge in [0.15, 0.2) is 6.61 Å². The maximum absolute atomic E-state index is 12.3. The molecule has 0 bridgehead atoms. The summed E-state index contributed by atoms with van der Waals surface area (Å²) in [5.41, 5.74) is 2.99. The summed E-state index contributed by atoms with van der Waals surface area (Å²) in [6, 6.07) is 3.34. The standard InChI is InChI=1S/C18H23F3N2O3/c1-11-4-5-12(2)16(13(11)3)26-10-15(24)23-8-6-14(7-9-23)22-17(25)18(19,20)21/h4-5,14H,6-10H2,1-3H3,(H,22,25). The van der Waals surface area contributed by atoms with E-state index >= 15 is 0 Å². The number of hydrogen-bond acceptors (Lipinski definition) is 3. The van der Waals surface area contributed by atoms with Crippen molar-refractivity contribution >= 4 is 11.8 Å². The lowest BCUT2D eigenvalue weighted by Gasteiger charge is -2.32. The van der Waals surface area contributed by atoms with Crippen LogP contribution in [0.3, 0.4) is 0 Å². The molecule has 144 valence electrons. The molecule has 1 heterocycles. The first-order chi connectivity index (χ1) is 12.1. The Labute approximate surface area is 150 Å². The minimum Gasteiger partial charge on any atom is -0.483 e. The van der Waals surface area contributed by atoms with Crippen molar-refractivity contribution in [2.75, 3.05) is 19.7 Å². The first-order valence-corrected chi connectivity index (χ1v) is 8.44. The Bertz CT molecular complexity index is 681. The number of nitrogens with one attached hydrogen (secondary N) is 1. The van der Waals surface area contributed by atoms with Gasteiger partial charge in [-0.25, -0.2) is 0 Å². The van der Waals surface area contributed by atoms with E-state index in [2.05, 4.69) is 0 Å². The van der Waals surface area contributed by atoms with Gasteiger partial charge in [-0.2, -0.15) is 13.2 Å². The van der Waals surface area contributed by atoms with Crippen LogP contribution in [-0.2, 0) is 9.59 Å². The van der Waals surface area contributed by atoms with Crippen molar-refractivity contribution in [3.63, 3.8) is 0 Å². The monoisotopic (exact) mass is 372 g/mol. The van der Waals surface area contributed by atoms with Crippen molar-refractivity contribution in [2.24, 2.45) is 0 Å². The van der Waals surface area contributed by atoms with Crippen LogP contribution >= 0.6 is 0 Å². The van der Waals surface area contributed by atoms with Crippen molar-refractivity contribution in [2.45, 2.75) is 45.8 Å². The van der Waals surface area contributed by atoms with Gasteiger partial charge in [0.2, 0.25) is 0 Å². The van der Waals surface area contributed by atoms with Crippen LogP contribution in [0.2, 0.25) is 0 Å². The molecule has 26 heavy (non-hydrogen) atoms. The molecule has 0 unspecified atom stereocenters. The first-order valence-electron chi connectivity index (χ1n) is 8.44. The van der Waals surface area contributed by atoms with Crippen molar-refractivity contribution in [1.82, 2.24) is 10.2 Å². The van der Waals surface area contributed by atoms with E-state index in [0.29, 0.717) is 5.75 Å². The molecule has 1 N–H and O–H groups in total. The fourth-order valence-electron chi connectivity index (χ4n) is 2.91. The van der Waals surface area contributed by atoms with Gasteiger partial charge in [-0.15, -0.1) is 0 Å². The molecule has 0 radical (unpaired) electrons. The van der Waals surface area contributed by atoms with Crippen LogP contribution in [0.4, 0.5) is 13.2 Å². The van der Waals surface area contributed by atoms with Gasteiger partial charge >= 0.3 is 12.1 Å². The Morgan fingerprint density at radius 1 is 1.15 bits per heavy atom. The van der Waals surface area contributed by atoms with Crippen molar-refractivity contribution < 1.29 is 27.5 Å². The molecule has 1 aliphatic rings. The van der Waals surface area contributed by atoms with E-state index in [4.69, 9.17) is 4.74 Å². The highest BCUT2D eigenvalue weighted by molar-refractivity contribution is 5.82. The number of rotatable bonds is 4. The van der Waals surface area contributed by atoms with Gasteiger partial charge in [0.25, 0.3) is 5.91 Å². The summed E-state index contributed by atoms with van der Waals surface area (Å²) in [6.45, 7) is 6.25. The number of ether oxygens (including phenoxy) is 1. The van der Waals surface area contributed by atoms with Gasteiger partial charge in [-0.1, -0.05) is 12.1 Å².